The number of carbonyl (C=O) groups excluding carboxylic acids is 1. The summed E-state index contributed by atoms with van der Waals surface area (Å²) in [6.07, 6.45) is 0. The molecular weight excluding hydrogens is 118 g/mol. The summed E-state index contributed by atoms with van der Waals surface area (Å²) >= 11 is 0. The lowest BCUT2D eigenvalue weighted by Gasteiger charge is -1.99. The van der Waals surface area contributed by atoms with E-state index in [2.05, 4.69) is 18.4 Å². The molecule has 1 radical (unpaired) electrons. The fraction of sp³-hybridized carbons (Fsp3) is 0.600. The smallest absolute Gasteiger partial charge is 0.309 e. The minimum Gasteiger partial charge on any atom is -0.352 e. The number of primary amides is 2. The predicted molar refractivity (Wildman–Crippen MR) is 37.7 cm³/mol. The average molecular weight is 132 g/mol. The minimum absolute atomic E-state index is 0.833. The van der Waals surface area contributed by atoms with Gasteiger partial charge in [0.05, 0.1) is 0 Å². The maximum Gasteiger partial charge on any atom is 0.309 e. The monoisotopic (exact) mass is 132 g/mol. The Hall–Kier alpha value is -0.770. The molecule has 0 aliphatic rings. The summed E-state index contributed by atoms with van der Waals surface area (Å²) in [6.45, 7) is 4.50. The van der Waals surface area contributed by atoms with Crippen molar-refractivity contribution in [2.75, 3.05) is 20.6 Å². The first kappa shape index (κ1) is 11.1. The Kier molecular flexibility index (Phi) is 8.90. The maximum absolute atomic E-state index is 9.00. The van der Waals surface area contributed by atoms with E-state index in [1.807, 2.05) is 19.0 Å². The average Bonchev–Trinajstić information content (AvgIpc) is 1.65. The Bertz CT molecular complexity index is 68.6. The van der Waals surface area contributed by atoms with Crippen LogP contribution < -0.4 is 11.5 Å². The van der Waals surface area contributed by atoms with Crippen LogP contribution in [0.3, 0.4) is 0 Å². The van der Waals surface area contributed by atoms with Crippen LogP contribution in [0.2, 0.25) is 0 Å². The molecule has 0 saturated heterocycles. The van der Waals surface area contributed by atoms with Crippen LogP contribution in [0.15, 0.2) is 0 Å². The van der Waals surface area contributed by atoms with Gasteiger partial charge in [-0.05, 0) is 27.6 Å². The van der Waals surface area contributed by atoms with Crippen molar-refractivity contribution < 1.29 is 4.79 Å². The molecule has 0 aliphatic heterocycles. The van der Waals surface area contributed by atoms with E-state index in [0.29, 0.717) is 0 Å². The first-order valence-corrected chi connectivity index (χ1v) is 2.49. The molecule has 2 amide bonds. The van der Waals surface area contributed by atoms with E-state index in [-0.39, 0.29) is 0 Å². The van der Waals surface area contributed by atoms with E-state index in [9.17, 15) is 0 Å². The Labute approximate surface area is 55.8 Å². The molecule has 4 heteroatoms. The third-order valence-corrected chi connectivity index (χ3v) is 0.447. The number of rotatable bonds is 1. The second-order valence-corrected chi connectivity index (χ2v) is 1.71. The summed E-state index contributed by atoms with van der Waals surface area (Å²) in [7, 11) is 3.99. The number of nitrogens with two attached hydrogens (primary N) is 2. The number of amides is 2. The molecule has 0 bridgehead atoms. The molecule has 0 spiro atoms. The molecule has 9 heavy (non-hydrogen) atoms. The van der Waals surface area contributed by atoms with Gasteiger partial charge in [-0.15, -0.1) is 0 Å². The molecule has 0 aromatic rings. The summed E-state index contributed by atoms with van der Waals surface area (Å²) in [6, 6.07) is -0.833. The second kappa shape index (κ2) is 7.23. The maximum atomic E-state index is 9.00. The first-order valence-electron chi connectivity index (χ1n) is 2.49. The van der Waals surface area contributed by atoms with E-state index in [0.717, 1.165) is 6.54 Å². The molecule has 55 valence electrons. The molecule has 0 unspecified atom stereocenters. The zero-order valence-electron chi connectivity index (χ0n) is 5.92. The van der Waals surface area contributed by atoms with E-state index in [1.165, 1.54) is 0 Å². The summed E-state index contributed by atoms with van der Waals surface area (Å²) < 4.78 is 0. The lowest BCUT2D eigenvalue weighted by Crippen LogP contribution is -2.18. The lowest BCUT2D eigenvalue weighted by molar-refractivity contribution is 0.256. The molecule has 0 saturated carbocycles. The van der Waals surface area contributed by atoms with Crippen molar-refractivity contribution in [2.24, 2.45) is 11.5 Å². The van der Waals surface area contributed by atoms with Gasteiger partial charge in [0.15, 0.2) is 0 Å². The Morgan fingerprint density at radius 2 is 1.67 bits per heavy atom. The summed E-state index contributed by atoms with van der Waals surface area (Å²) in [5.41, 5.74) is 8.50. The SMILES string of the molecule is NC(N)=O.[CH2]CN(C)C. The van der Waals surface area contributed by atoms with E-state index >= 15 is 0 Å². The van der Waals surface area contributed by atoms with Crippen molar-refractivity contribution in [3.05, 3.63) is 6.92 Å². The fourth-order valence-electron chi connectivity index (χ4n) is 0. The van der Waals surface area contributed by atoms with Crippen molar-refractivity contribution >= 4 is 6.03 Å². The van der Waals surface area contributed by atoms with E-state index in [4.69, 9.17) is 4.79 Å². The summed E-state index contributed by atoms with van der Waals surface area (Å²) in [5, 5.41) is 0. The topological polar surface area (TPSA) is 72.3 Å². The molecular formula is C5H14N3O. The van der Waals surface area contributed by atoms with Crippen LogP contribution in [0.1, 0.15) is 0 Å². The second-order valence-electron chi connectivity index (χ2n) is 1.71. The van der Waals surface area contributed by atoms with Crippen LogP contribution in [-0.4, -0.2) is 31.6 Å². The van der Waals surface area contributed by atoms with Crippen LogP contribution in [0.5, 0.6) is 0 Å². The number of nitrogens with zero attached hydrogens (tertiary/aromatic N) is 1. The van der Waals surface area contributed by atoms with Gasteiger partial charge in [0, 0.05) is 0 Å². The van der Waals surface area contributed by atoms with Gasteiger partial charge < -0.3 is 16.4 Å². The fourth-order valence-corrected chi connectivity index (χ4v) is 0. The zero-order valence-corrected chi connectivity index (χ0v) is 5.92. The highest BCUT2D eigenvalue weighted by molar-refractivity contribution is 5.69. The van der Waals surface area contributed by atoms with Crippen LogP contribution in [0, 0.1) is 6.92 Å². The Morgan fingerprint density at radius 3 is 1.67 bits per heavy atom. The highest BCUT2D eigenvalue weighted by Gasteiger charge is 1.72. The summed E-state index contributed by atoms with van der Waals surface area (Å²) in [5.74, 6) is 0. The van der Waals surface area contributed by atoms with Crippen molar-refractivity contribution in [3.63, 3.8) is 0 Å². The normalized spacial score (nSPS) is 8.00. The van der Waals surface area contributed by atoms with Crippen LogP contribution in [-0.2, 0) is 0 Å². The van der Waals surface area contributed by atoms with Crippen molar-refractivity contribution in [1.82, 2.24) is 4.90 Å². The lowest BCUT2D eigenvalue weighted by atomic mass is 10.7. The highest BCUT2D eigenvalue weighted by atomic mass is 16.2. The van der Waals surface area contributed by atoms with Gasteiger partial charge in [0.1, 0.15) is 0 Å². The van der Waals surface area contributed by atoms with E-state index < -0.39 is 6.03 Å². The van der Waals surface area contributed by atoms with Gasteiger partial charge >= 0.3 is 6.03 Å². The molecule has 0 atom stereocenters. The number of urea groups is 1. The standard InChI is InChI=1S/C4H10N.CH4N2O/c1-4-5(2)3;2-1(3)4/h1,4H2,2-3H3;(H4,2,3,4). The quantitative estimate of drug-likeness (QED) is 0.500. The Balaban J connectivity index is 0. The molecule has 4 nitrogen and oxygen atoms in total. The molecule has 0 aromatic heterocycles. The third kappa shape index (κ3) is 131. The van der Waals surface area contributed by atoms with Crippen LogP contribution >= 0.6 is 0 Å². The molecule has 0 rings (SSSR count). The minimum atomic E-state index is -0.833. The van der Waals surface area contributed by atoms with Crippen molar-refractivity contribution in [2.45, 2.75) is 0 Å². The van der Waals surface area contributed by atoms with E-state index in [1.54, 1.807) is 0 Å². The largest absolute Gasteiger partial charge is 0.352 e. The van der Waals surface area contributed by atoms with Crippen LogP contribution in [0.25, 0.3) is 0 Å². The van der Waals surface area contributed by atoms with Crippen molar-refractivity contribution in [1.29, 1.82) is 0 Å². The van der Waals surface area contributed by atoms with Crippen LogP contribution in [0.4, 0.5) is 4.79 Å². The molecule has 0 heterocycles. The van der Waals surface area contributed by atoms with Gasteiger partial charge in [0.2, 0.25) is 0 Å². The molecule has 4 N–H and O–H groups in total. The predicted octanol–water partition coefficient (Wildman–Crippen LogP) is -0.594. The number of hydrogen-bond acceptors (Lipinski definition) is 2. The van der Waals surface area contributed by atoms with Crippen molar-refractivity contribution in [3.8, 4) is 0 Å². The van der Waals surface area contributed by atoms with Gasteiger partial charge in [0.25, 0.3) is 0 Å². The molecule has 0 fully saturated rings. The van der Waals surface area contributed by atoms with Gasteiger partial charge in [-0.3, -0.25) is 0 Å². The number of carbonyl (C=O) groups is 1. The van der Waals surface area contributed by atoms with Gasteiger partial charge in [-0.1, -0.05) is 0 Å². The zero-order chi connectivity index (χ0) is 7.86. The van der Waals surface area contributed by atoms with Gasteiger partial charge in [-0.2, -0.15) is 0 Å². The Morgan fingerprint density at radius 1 is 1.56 bits per heavy atom. The highest BCUT2D eigenvalue weighted by Crippen LogP contribution is 1.63. The third-order valence-electron chi connectivity index (χ3n) is 0.447. The summed E-state index contributed by atoms with van der Waals surface area (Å²) in [4.78, 5) is 11.0. The van der Waals surface area contributed by atoms with Gasteiger partial charge in [-0.25, -0.2) is 4.79 Å². The molecule has 0 aromatic carbocycles. The number of hydrogen-bond donors (Lipinski definition) is 2. The molecule has 0 aliphatic carbocycles. The first-order chi connectivity index (χ1) is 4.00.